The molecule has 0 bridgehead atoms. The van der Waals surface area contributed by atoms with Crippen molar-refractivity contribution in [2.75, 3.05) is 26.6 Å². The third kappa shape index (κ3) is 4.51. The monoisotopic (exact) mass is 486 g/mol. The first-order valence-corrected chi connectivity index (χ1v) is 11.4. The number of rotatable bonds is 7. The zero-order valence-corrected chi connectivity index (χ0v) is 20.2. The number of halogens is 1. The molecule has 4 rings (SSSR count). The summed E-state index contributed by atoms with van der Waals surface area (Å²) in [6.45, 7) is 1.81. The highest BCUT2D eigenvalue weighted by atomic mass is 35.5. The number of nitrogens with one attached hydrogen (secondary N) is 1. The fraction of sp³-hybridized carbons (Fsp3) is 0.261. The summed E-state index contributed by atoms with van der Waals surface area (Å²) in [4.78, 5) is 17.4. The molecule has 0 radical (unpaired) electrons. The van der Waals surface area contributed by atoms with Crippen LogP contribution in [0.25, 0.3) is 0 Å². The predicted octanol–water partition coefficient (Wildman–Crippen LogP) is 4.70. The normalized spacial score (nSPS) is 15.0. The molecule has 0 aliphatic carbocycles. The molecule has 1 N–H and O–H groups in total. The number of carbonyl (C=O) groups excluding carboxylic acids is 1. The Morgan fingerprint density at radius 3 is 2.67 bits per heavy atom. The highest BCUT2D eigenvalue weighted by molar-refractivity contribution is 7.98. The Morgan fingerprint density at radius 1 is 1.18 bits per heavy atom. The lowest BCUT2D eigenvalue weighted by molar-refractivity contribution is -0.136. The van der Waals surface area contributed by atoms with Crippen LogP contribution < -0.4 is 14.8 Å². The first-order valence-electron chi connectivity index (χ1n) is 10.1. The Labute approximate surface area is 200 Å². The molecule has 1 aliphatic heterocycles. The molecule has 1 atom stereocenters. The molecule has 0 saturated heterocycles. The third-order valence-corrected chi connectivity index (χ3v) is 6.54. The number of methoxy groups -OCH3 is 3. The number of fused-ring (bicyclic) bond motifs is 1. The second-order valence-corrected chi connectivity index (χ2v) is 8.56. The van der Waals surface area contributed by atoms with Crippen molar-refractivity contribution < 1.29 is 19.0 Å². The van der Waals surface area contributed by atoms with Crippen LogP contribution in [0.1, 0.15) is 24.1 Å². The Bertz CT molecular complexity index is 1230. The summed E-state index contributed by atoms with van der Waals surface area (Å²) in [6, 6.07) is 12.4. The average molecular weight is 487 g/mol. The van der Waals surface area contributed by atoms with E-state index in [9.17, 15) is 4.79 Å². The fourth-order valence-corrected chi connectivity index (χ4v) is 4.78. The molecule has 8 nitrogen and oxygen atoms in total. The van der Waals surface area contributed by atoms with Crippen molar-refractivity contribution in [2.45, 2.75) is 23.9 Å². The lowest BCUT2D eigenvalue weighted by Gasteiger charge is -2.28. The summed E-state index contributed by atoms with van der Waals surface area (Å²) in [5.41, 5.74) is 2.72. The van der Waals surface area contributed by atoms with Gasteiger partial charge in [-0.05, 0) is 36.8 Å². The average Bonchev–Trinajstić information content (AvgIpc) is 3.24. The van der Waals surface area contributed by atoms with Crippen LogP contribution in [-0.4, -0.2) is 42.1 Å². The Kier molecular flexibility index (Phi) is 6.80. The van der Waals surface area contributed by atoms with Crippen molar-refractivity contribution in [3.63, 3.8) is 0 Å². The van der Waals surface area contributed by atoms with Crippen LogP contribution in [0.2, 0.25) is 5.02 Å². The van der Waals surface area contributed by atoms with Gasteiger partial charge in [-0.1, -0.05) is 41.6 Å². The van der Waals surface area contributed by atoms with Crippen LogP contribution in [0.4, 0.5) is 5.95 Å². The number of aromatic nitrogens is 3. The van der Waals surface area contributed by atoms with Crippen LogP contribution in [-0.2, 0) is 15.3 Å². The minimum Gasteiger partial charge on any atom is -0.497 e. The summed E-state index contributed by atoms with van der Waals surface area (Å²) in [7, 11) is 4.51. The number of anilines is 1. The minimum absolute atomic E-state index is 0.407. The number of hydrogen-bond acceptors (Lipinski definition) is 8. The number of carbonyl (C=O) groups is 1. The lowest BCUT2D eigenvalue weighted by atomic mass is 9.94. The van der Waals surface area contributed by atoms with E-state index in [0.717, 1.165) is 5.56 Å². The Balaban J connectivity index is 1.78. The minimum atomic E-state index is -0.624. The second kappa shape index (κ2) is 9.76. The quantitative estimate of drug-likeness (QED) is 0.379. The summed E-state index contributed by atoms with van der Waals surface area (Å²) >= 11 is 7.74. The van der Waals surface area contributed by atoms with Crippen LogP contribution in [0.15, 0.2) is 58.9 Å². The zero-order chi connectivity index (χ0) is 23.5. The molecule has 33 heavy (non-hydrogen) atoms. The molecule has 0 fully saturated rings. The standard InChI is InChI=1S/C23H23ClN4O4S/c1-13-19(21(29)32-4)20(16-11-15(30-2)9-10-18(16)31-3)28-22(25-13)26-23(27-28)33-12-14-7-5-6-8-17(14)24/h5-11,20H,12H2,1-4H3,(H,25,26,27). The van der Waals surface area contributed by atoms with Crippen molar-refractivity contribution in [1.29, 1.82) is 0 Å². The van der Waals surface area contributed by atoms with Crippen LogP contribution in [0.5, 0.6) is 11.5 Å². The molecule has 1 aromatic heterocycles. The molecule has 0 saturated carbocycles. The Hall–Kier alpha value is -3.17. The number of nitrogens with zero attached hydrogens (tertiary/aromatic N) is 3. The second-order valence-electron chi connectivity index (χ2n) is 7.21. The van der Waals surface area contributed by atoms with E-state index in [1.807, 2.05) is 30.3 Å². The third-order valence-electron chi connectivity index (χ3n) is 5.28. The largest absolute Gasteiger partial charge is 0.497 e. The molecule has 2 heterocycles. The van der Waals surface area contributed by atoms with Gasteiger partial charge >= 0.3 is 5.97 Å². The van der Waals surface area contributed by atoms with Crippen molar-refractivity contribution >= 4 is 35.3 Å². The number of ether oxygens (including phenoxy) is 3. The number of benzene rings is 2. The molecule has 0 amide bonds. The van der Waals surface area contributed by atoms with Gasteiger partial charge in [0.2, 0.25) is 11.1 Å². The highest BCUT2D eigenvalue weighted by Gasteiger charge is 2.36. The van der Waals surface area contributed by atoms with Crippen molar-refractivity contribution in [1.82, 2.24) is 14.8 Å². The highest BCUT2D eigenvalue weighted by Crippen LogP contribution is 2.41. The number of hydrogen-bond donors (Lipinski definition) is 1. The van der Waals surface area contributed by atoms with Gasteiger partial charge < -0.3 is 19.5 Å². The van der Waals surface area contributed by atoms with E-state index in [2.05, 4.69) is 10.3 Å². The van der Waals surface area contributed by atoms with Gasteiger partial charge in [-0.15, -0.1) is 5.10 Å². The van der Waals surface area contributed by atoms with Gasteiger partial charge in [0.25, 0.3) is 0 Å². The van der Waals surface area contributed by atoms with E-state index in [-0.39, 0.29) is 0 Å². The topological polar surface area (TPSA) is 87.5 Å². The van der Waals surface area contributed by atoms with Crippen molar-refractivity contribution in [3.05, 3.63) is 69.9 Å². The molecular formula is C23H23ClN4O4S. The molecule has 1 unspecified atom stereocenters. The molecule has 2 aromatic carbocycles. The predicted molar refractivity (Wildman–Crippen MR) is 127 cm³/mol. The smallest absolute Gasteiger partial charge is 0.338 e. The first-order chi connectivity index (χ1) is 16.0. The van der Waals surface area contributed by atoms with Crippen LogP contribution >= 0.6 is 23.4 Å². The van der Waals surface area contributed by atoms with Gasteiger partial charge in [0.15, 0.2) is 0 Å². The summed E-state index contributed by atoms with van der Waals surface area (Å²) < 4.78 is 17.8. The van der Waals surface area contributed by atoms with E-state index in [4.69, 9.17) is 30.9 Å². The summed E-state index contributed by atoms with van der Waals surface area (Å²) in [5.74, 6) is 1.86. The zero-order valence-electron chi connectivity index (χ0n) is 18.6. The Morgan fingerprint density at radius 2 is 1.97 bits per heavy atom. The van der Waals surface area contributed by atoms with E-state index in [0.29, 0.717) is 50.2 Å². The van der Waals surface area contributed by atoms with E-state index in [1.54, 1.807) is 38.0 Å². The van der Waals surface area contributed by atoms with Crippen LogP contribution in [0.3, 0.4) is 0 Å². The number of thioether (sulfide) groups is 1. The SMILES string of the molecule is COC(=O)C1=C(C)Nc2nc(SCc3ccccc3Cl)nn2C1c1cc(OC)ccc1OC. The molecule has 3 aromatic rings. The first kappa shape index (κ1) is 23.0. The summed E-state index contributed by atoms with van der Waals surface area (Å²) in [5, 5.41) is 9.12. The van der Waals surface area contributed by atoms with Gasteiger partial charge in [-0.25, -0.2) is 9.48 Å². The number of allylic oxidation sites excluding steroid dienone is 1. The molecule has 10 heteroatoms. The van der Waals surface area contributed by atoms with E-state index >= 15 is 0 Å². The van der Waals surface area contributed by atoms with Crippen LogP contribution in [0, 0.1) is 0 Å². The van der Waals surface area contributed by atoms with Gasteiger partial charge in [-0.2, -0.15) is 4.98 Å². The van der Waals surface area contributed by atoms with Gasteiger partial charge in [0.1, 0.15) is 17.5 Å². The molecule has 0 spiro atoms. The van der Waals surface area contributed by atoms with Gasteiger partial charge in [0, 0.05) is 22.0 Å². The molecule has 1 aliphatic rings. The van der Waals surface area contributed by atoms with E-state index in [1.165, 1.54) is 18.9 Å². The van der Waals surface area contributed by atoms with Crippen molar-refractivity contribution in [3.8, 4) is 11.5 Å². The summed E-state index contributed by atoms with van der Waals surface area (Å²) in [6.07, 6.45) is 0. The van der Waals surface area contributed by atoms with Crippen molar-refractivity contribution in [2.24, 2.45) is 0 Å². The lowest BCUT2D eigenvalue weighted by Crippen LogP contribution is -2.29. The number of esters is 1. The fourth-order valence-electron chi connectivity index (χ4n) is 3.67. The molecule has 172 valence electrons. The maximum atomic E-state index is 12.8. The molecular weight excluding hydrogens is 464 g/mol. The van der Waals surface area contributed by atoms with E-state index < -0.39 is 12.0 Å². The maximum absolute atomic E-state index is 12.8. The van der Waals surface area contributed by atoms with Gasteiger partial charge in [0.05, 0.1) is 26.9 Å². The maximum Gasteiger partial charge on any atom is 0.338 e. The van der Waals surface area contributed by atoms with Gasteiger partial charge in [-0.3, -0.25) is 0 Å².